The number of hydrogen-bond donors (Lipinski definition) is 1. The number of hydrogen-bond acceptors (Lipinski definition) is 3. The van der Waals surface area contributed by atoms with Crippen LogP contribution >= 0.6 is 45.8 Å². The summed E-state index contributed by atoms with van der Waals surface area (Å²) < 4.78 is 5.81. The maximum Gasteiger partial charge on any atom is 0.338 e. The molecule has 1 amide bonds. The van der Waals surface area contributed by atoms with Gasteiger partial charge in [-0.25, -0.2) is 4.79 Å². The Bertz CT molecular complexity index is 760. The molecule has 4 nitrogen and oxygen atoms in total. The van der Waals surface area contributed by atoms with Crippen molar-refractivity contribution in [3.8, 4) is 0 Å². The van der Waals surface area contributed by atoms with Gasteiger partial charge in [0.1, 0.15) is 0 Å². The molecule has 0 saturated heterocycles. The molecule has 1 N–H and O–H groups in total. The van der Waals surface area contributed by atoms with Crippen LogP contribution in [0, 0.1) is 3.57 Å². The van der Waals surface area contributed by atoms with Gasteiger partial charge in [0.05, 0.1) is 17.9 Å². The van der Waals surface area contributed by atoms with Gasteiger partial charge in [-0.15, -0.1) is 0 Å². The summed E-state index contributed by atoms with van der Waals surface area (Å²) in [6, 6.07) is 9.56. The third-order valence-electron chi connectivity index (χ3n) is 3.02. The molecule has 0 aromatic heterocycles. The van der Waals surface area contributed by atoms with Gasteiger partial charge >= 0.3 is 5.97 Å². The van der Waals surface area contributed by atoms with Gasteiger partial charge in [0.25, 0.3) is 5.91 Å². The van der Waals surface area contributed by atoms with Gasteiger partial charge in [-0.2, -0.15) is 0 Å². The van der Waals surface area contributed by atoms with Crippen molar-refractivity contribution in [1.29, 1.82) is 0 Å². The molecule has 0 spiro atoms. The highest BCUT2D eigenvalue weighted by molar-refractivity contribution is 14.1. The Hall–Kier alpha value is -1.31. The molecule has 0 saturated carbocycles. The average molecular weight is 478 g/mol. The molecule has 126 valence electrons. The monoisotopic (exact) mass is 477 g/mol. The van der Waals surface area contributed by atoms with Crippen LogP contribution in [-0.2, 0) is 4.74 Å². The van der Waals surface area contributed by atoms with Crippen molar-refractivity contribution >= 4 is 63.4 Å². The second kappa shape index (κ2) is 8.69. The van der Waals surface area contributed by atoms with E-state index in [1.165, 1.54) is 12.1 Å². The Morgan fingerprint density at radius 3 is 2.33 bits per heavy atom. The predicted octanol–water partition coefficient (Wildman–Crippen LogP) is 5.42. The quantitative estimate of drug-likeness (QED) is 0.462. The van der Waals surface area contributed by atoms with Gasteiger partial charge in [-0.05, 0) is 65.4 Å². The molecular formula is C17H14Cl2INO3. The van der Waals surface area contributed by atoms with Gasteiger partial charge < -0.3 is 10.1 Å². The first-order chi connectivity index (χ1) is 11.4. The molecule has 0 unspecified atom stereocenters. The van der Waals surface area contributed by atoms with Gasteiger partial charge in [-0.1, -0.05) is 30.1 Å². The van der Waals surface area contributed by atoms with E-state index in [1.54, 1.807) is 24.3 Å². The Labute approximate surface area is 163 Å². The van der Waals surface area contributed by atoms with E-state index >= 15 is 0 Å². The van der Waals surface area contributed by atoms with Crippen LogP contribution in [0.15, 0.2) is 36.4 Å². The fraction of sp³-hybridized carbons (Fsp3) is 0.176. The zero-order valence-corrected chi connectivity index (χ0v) is 16.4. The van der Waals surface area contributed by atoms with Crippen LogP contribution in [0.3, 0.4) is 0 Å². The van der Waals surface area contributed by atoms with E-state index in [9.17, 15) is 9.59 Å². The Morgan fingerprint density at radius 1 is 1.08 bits per heavy atom. The molecule has 0 heterocycles. The summed E-state index contributed by atoms with van der Waals surface area (Å²) in [4.78, 5) is 24.2. The molecular weight excluding hydrogens is 464 g/mol. The summed E-state index contributed by atoms with van der Waals surface area (Å²) in [5, 5.41) is 3.55. The Balaban J connectivity index is 2.15. The molecule has 7 heteroatoms. The van der Waals surface area contributed by atoms with Crippen LogP contribution in [0.4, 0.5) is 5.69 Å². The Kier molecular flexibility index (Phi) is 6.89. The number of amides is 1. The van der Waals surface area contributed by atoms with E-state index < -0.39 is 0 Å². The number of carbonyl (C=O) groups is 2. The molecule has 0 aliphatic carbocycles. The summed E-state index contributed by atoms with van der Waals surface area (Å²) in [7, 11) is 0. The van der Waals surface area contributed by atoms with Crippen molar-refractivity contribution in [3.63, 3.8) is 0 Å². The fourth-order valence-electron chi connectivity index (χ4n) is 1.90. The number of ether oxygens (including phenoxy) is 1. The SMILES string of the molecule is CCCOC(=O)c1ccc(NC(=O)c2cc(Cl)cc(Cl)c2)c(I)c1. The van der Waals surface area contributed by atoms with Gasteiger partial charge in [0.2, 0.25) is 0 Å². The van der Waals surface area contributed by atoms with Crippen LogP contribution < -0.4 is 5.32 Å². The second-order valence-corrected chi connectivity index (χ2v) is 6.98. The van der Waals surface area contributed by atoms with Gasteiger partial charge in [-0.3, -0.25) is 4.79 Å². The first-order valence-electron chi connectivity index (χ1n) is 7.15. The maximum atomic E-state index is 12.3. The number of nitrogens with one attached hydrogen (secondary N) is 1. The van der Waals surface area contributed by atoms with Crippen molar-refractivity contribution in [3.05, 3.63) is 61.1 Å². The summed E-state index contributed by atoms with van der Waals surface area (Å²) in [5.41, 5.74) is 1.38. The van der Waals surface area contributed by atoms with Gasteiger partial charge in [0.15, 0.2) is 0 Å². The lowest BCUT2D eigenvalue weighted by molar-refractivity contribution is 0.0505. The van der Waals surface area contributed by atoms with E-state index in [-0.39, 0.29) is 11.9 Å². The molecule has 2 aromatic carbocycles. The predicted molar refractivity (Wildman–Crippen MR) is 104 cm³/mol. The minimum Gasteiger partial charge on any atom is -0.462 e. The summed E-state index contributed by atoms with van der Waals surface area (Å²) in [6.07, 6.45) is 0.763. The third-order valence-corrected chi connectivity index (χ3v) is 4.34. The van der Waals surface area contributed by atoms with Crippen molar-refractivity contribution in [1.82, 2.24) is 0 Å². The molecule has 0 atom stereocenters. The summed E-state index contributed by atoms with van der Waals surface area (Å²) in [6.45, 7) is 2.31. The highest BCUT2D eigenvalue weighted by Gasteiger charge is 2.13. The third kappa shape index (κ3) is 5.09. The normalized spacial score (nSPS) is 10.3. The van der Waals surface area contributed by atoms with Crippen molar-refractivity contribution in [2.45, 2.75) is 13.3 Å². The van der Waals surface area contributed by atoms with E-state index in [1.807, 2.05) is 29.5 Å². The van der Waals surface area contributed by atoms with Gasteiger partial charge in [0, 0.05) is 19.2 Å². The Morgan fingerprint density at radius 2 is 1.75 bits per heavy atom. The first-order valence-corrected chi connectivity index (χ1v) is 8.98. The zero-order valence-electron chi connectivity index (χ0n) is 12.7. The van der Waals surface area contributed by atoms with Crippen LogP contribution in [-0.4, -0.2) is 18.5 Å². The molecule has 24 heavy (non-hydrogen) atoms. The molecule has 2 rings (SSSR count). The van der Waals surface area contributed by atoms with Crippen molar-refractivity contribution in [2.24, 2.45) is 0 Å². The lowest BCUT2D eigenvalue weighted by Crippen LogP contribution is -2.13. The van der Waals surface area contributed by atoms with Crippen LogP contribution in [0.5, 0.6) is 0 Å². The molecule has 2 aromatic rings. The minimum atomic E-state index is -0.380. The van der Waals surface area contributed by atoms with E-state index in [0.29, 0.717) is 33.5 Å². The van der Waals surface area contributed by atoms with Crippen LogP contribution in [0.25, 0.3) is 0 Å². The smallest absolute Gasteiger partial charge is 0.338 e. The van der Waals surface area contributed by atoms with Crippen LogP contribution in [0.2, 0.25) is 10.0 Å². The maximum absolute atomic E-state index is 12.3. The molecule has 0 aliphatic rings. The lowest BCUT2D eigenvalue weighted by Gasteiger charge is -2.10. The zero-order chi connectivity index (χ0) is 17.7. The number of esters is 1. The second-order valence-electron chi connectivity index (χ2n) is 4.94. The number of rotatable bonds is 5. The molecule has 0 radical (unpaired) electrons. The first kappa shape index (κ1) is 19.0. The summed E-state index contributed by atoms with van der Waals surface area (Å²) in [5.74, 6) is -0.715. The van der Waals surface area contributed by atoms with Crippen molar-refractivity contribution in [2.75, 3.05) is 11.9 Å². The van der Waals surface area contributed by atoms with E-state index in [2.05, 4.69) is 5.32 Å². The number of carbonyl (C=O) groups excluding carboxylic acids is 2. The minimum absolute atomic E-state index is 0.335. The topological polar surface area (TPSA) is 55.4 Å². The van der Waals surface area contributed by atoms with Crippen molar-refractivity contribution < 1.29 is 14.3 Å². The molecule has 0 fully saturated rings. The number of benzene rings is 2. The molecule has 0 aliphatic heterocycles. The van der Waals surface area contributed by atoms with Crippen LogP contribution in [0.1, 0.15) is 34.1 Å². The summed E-state index contributed by atoms with van der Waals surface area (Å²) >= 11 is 13.9. The van der Waals surface area contributed by atoms with E-state index in [4.69, 9.17) is 27.9 Å². The number of anilines is 1. The highest BCUT2D eigenvalue weighted by atomic mass is 127. The van der Waals surface area contributed by atoms with E-state index in [0.717, 1.165) is 9.99 Å². The highest BCUT2D eigenvalue weighted by Crippen LogP contribution is 2.23. The average Bonchev–Trinajstić information content (AvgIpc) is 2.53. The largest absolute Gasteiger partial charge is 0.462 e. The molecule has 0 bridgehead atoms. The lowest BCUT2D eigenvalue weighted by atomic mass is 10.2. The number of halogens is 3. The standard InChI is InChI=1S/C17H14Cl2INO3/c1-2-5-24-17(23)10-3-4-15(14(20)8-10)21-16(22)11-6-12(18)9-13(19)7-11/h3-4,6-9H,2,5H2,1H3,(H,21,22). The fourth-order valence-corrected chi connectivity index (χ4v) is 3.08.